The third-order valence-corrected chi connectivity index (χ3v) is 12.0. The summed E-state index contributed by atoms with van der Waals surface area (Å²) in [5, 5.41) is 2.03. The van der Waals surface area contributed by atoms with Crippen molar-refractivity contribution in [2.24, 2.45) is 0 Å². The molecule has 0 N–H and O–H groups in total. The molecule has 2 atom stereocenters. The Morgan fingerprint density at radius 2 is 0.672 bits per heavy atom. The molecule has 0 aromatic heterocycles. The number of unbranched alkanes of at least 4 members (excludes halogenated alkanes) is 4. The summed E-state index contributed by atoms with van der Waals surface area (Å²) in [5.74, 6) is 3.39. The molecular formula is C54H60Br2O5. The van der Waals surface area contributed by atoms with E-state index in [4.69, 9.17) is 23.7 Å². The van der Waals surface area contributed by atoms with Crippen molar-refractivity contribution in [1.29, 1.82) is 0 Å². The summed E-state index contributed by atoms with van der Waals surface area (Å²) in [6.07, 6.45) is 8.93. The van der Waals surface area contributed by atoms with Crippen LogP contribution in [0, 0.1) is 0 Å². The summed E-state index contributed by atoms with van der Waals surface area (Å²) >= 11 is 7.27. The minimum absolute atomic E-state index is 0.199. The maximum absolute atomic E-state index is 6.83. The Bertz CT molecular complexity index is 1930. The van der Waals surface area contributed by atoms with E-state index in [0.717, 1.165) is 107 Å². The summed E-state index contributed by atoms with van der Waals surface area (Å²) in [7, 11) is 0. The van der Waals surface area contributed by atoms with E-state index in [2.05, 4.69) is 117 Å². The van der Waals surface area contributed by atoms with E-state index in [0.29, 0.717) is 39.6 Å². The third kappa shape index (κ3) is 16.0. The van der Waals surface area contributed by atoms with Crippen molar-refractivity contribution in [2.75, 3.05) is 23.9 Å². The lowest BCUT2D eigenvalue weighted by Gasteiger charge is -2.23. The molecule has 7 heteroatoms. The summed E-state index contributed by atoms with van der Waals surface area (Å²) in [6.45, 7) is 3.09. The smallest absolute Gasteiger partial charge is 0.161 e. The molecule has 0 aliphatic rings. The molecule has 320 valence electrons. The van der Waals surface area contributed by atoms with Gasteiger partial charge in [-0.25, -0.2) is 0 Å². The highest BCUT2D eigenvalue weighted by Gasteiger charge is 2.20. The predicted octanol–water partition coefficient (Wildman–Crippen LogP) is 14.8. The van der Waals surface area contributed by atoms with Crippen LogP contribution >= 0.6 is 31.9 Å². The highest BCUT2D eigenvalue weighted by molar-refractivity contribution is 9.09. The van der Waals surface area contributed by atoms with Gasteiger partial charge in [-0.3, -0.25) is 0 Å². The Morgan fingerprint density at radius 1 is 0.344 bits per heavy atom. The van der Waals surface area contributed by atoms with Crippen LogP contribution in [0.25, 0.3) is 0 Å². The van der Waals surface area contributed by atoms with Crippen molar-refractivity contribution in [3.8, 4) is 23.0 Å². The molecule has 6 aromatic carbocycles. The fourth-order valence-electron chi connectivity index (χ4n) is 7.33. The van der Waals surface area contributed by atoms with Gasteiger partial charge in [-0.15, -0.1) is 0 Å². The normalized spacial score (nSPS) is 12.1. The fraction of sp³-hybridized carbons (Fsp3) is 0.333. The fourth-order valence-corrected chi connectivity index (χ4v) is 8.12. The van der Waals surface area contributed by atoms with E-state index in [1.807, 2.05) is 72.8 Å². The maximum Gasteiger partial charge on any atom is 0.161 e. The van der Waals surface area contributed by atoms with Gasteiger partial charge in [0, 0.05) is 22.5 Å². The van der Waals surface area contributed by atoms with Gasteiger partial charge in [-0.05, 0) is 83.3 Å². The molecule has 0 spiro atoms. The quantitative estimate of drug-likeness (QED) is 0.0362. The van der Waals surface area contributed by atoms with Gasteiger partial charge in [0.05, 0.1) is 13.2 Å². The van der Waals surface area contributed by atoms with E-state index in [9.17, 15) is 0 Å². The number of ether oxygens (including phenoxy) is 5. The largest absolute Gasteiger partial charge is 0.485 e. The topological polar surface area (TPSA) is 46.2 Å². The molecule has 0 aliphatic heterocycles. The van der Waals surface area contributed by atoms with E-state index in [1.165, 1.54) is 11.1 Å². The lowest BCUT2D eigenvalue weighted by molar-refractivity contribution is 0.101. The second kappa shape index (κ2) is 26.7. The number of alkyl halides is 2. The van der Waals surface area contributed by atoms with Crippen LogP contribution in [-0.2, 0) is 31.2 Å². The van der Waals surface area contributed by atoms with Gasteiger partial charge >= 0.3 is 0 Å². The molecule has 6 rings (SSSR count). The second-order valence-electron chi connectivity index (χ2n) is 15.5. The Labute approximate surface area is 381 Å². The monoisotopic (exact) mass is 946 g/mol. The van der Waals surface area contributed by atoms with Crippen molar-refractivity contribution >= 4 is 31.9 Å². The van der Waals surface area contributed by atoms with Crippen LogP contribution in [0.5, 0.6) is 23.0 Å². The summed E-state index contributed by atoms with van der Waals surface area (Å²) in [4.78, 5) is 0. The first-order valence-electron chi connectivity index (χ1n) is 21.8. The first-order valence-corrected chi connectivity index (χ1v) is 24.1. The average molecular weight is 949 g/mol. The minimum atomic E-state index is 0.199. The van der Waals surface area contributed by atoms with Crippen LogP contribution in [0.15, 0.2) is 158 Å². The van der Waals surface area contributed by atoms with Crippen LogP contribution in [0.3, 0.4) is 0 Å². The van der Waals surface area contributed by atoms with Gasteiger partial charge in [0.25, 0.3) is 0 Å². The molecule has 2 unspecified atom stereocenters. The SMILES string of the molecule is BrCCCCCC(COCC(CCCCCBr)c1ccc(OCc2ccccc2)c(OCc2ccccc2)c1)c1ccc(OCc2ccccc2)c(OCc2ccccc2)c1. The number of hydrogen-bond donors (Lipinski definition) is 0. The van der Waals surface area contributed by atoms with Crippen molar-refractivity contribution in [2.45, 2.75) is 89.6 Å². The number of rotatable bonds is 28. The van der Waals surface area contributed by atoms with Crippen LogP contribution in [0.2, 0.25) is 0 Å². The molecule has 5 nitrogen and oxygen atoms in total. The lowest BCUT2D eigenvalue weighted by atomic mass is 9.92. The minimum Gasteiger partial charge on any atom is -0.485 e. The predicted molar refractivity (Wildman–Crippen MR) is 257 cm³/mol. The molecule has 0 amide bonds. The van der Waals surface area contributed by atoms with Crippen LogP contribution < -0.4 is 18.9 Å². The van der Waals surface area contributed by atoms with Gasteiger partial charge in [0.2, 0.25) is 0 Å². The Kier molecular flexibility index (Phi) is 20.1. The van der Waals surface area contributed by atoms with E-state index < -0.39 is 0 Å². The van der Waals surface area contributed by atoms with Crippen molar-refractivity contribution in [3.63, 3.8) is 0 Å². The van der Waals surface area contributed by atoms with Gasteiger partial charge in [0.15, 0.2) is 23.0 Å². The van der Waals surface area contributed by atoms with Crippen molar-refractivity contribution < 1.29 is 23.7 Å². The maximum atomic E-state index is 6.83. The third-order valence-electron chi connectivity index (χ3n) is 10.8. The Morgan fingerprint density at radius 3 is 1.00 bits per heavy atom. The highest BCUT2D eigenvalue weighted by atomic mass is 79.9. The summed E-state index contributed by atoms with van der Waals surface area (Å²) < 4.78 is 32.7. The first-order chi connectivity index (χ1) is 30.2. The molecule has 0 fully saturated rings. The van der Waals surface area contributed by atoms with Crippen LogP contribution in [-0.4, -0.2) is 23.9 Å². The summed E-state index contributed by atoms with van der Waals surface area (Å²) in [6, 6.07) is 54.1. The second-order valence-corrected chi connectivity index (χ2v) is 17.1. The molecular weight excluding hydrogens is 888 g/mol. The van der Waals surface area contributed by atoms with Crippen LogP contribution in [0.1, 0.15) is 96.6 Å². The average Bonchev–Trinajstić information content (AvgIpc) is 3.32. The van der Waals surface area contributed by atoms with Gasteiger partial charge in [0.1, 0.15) is 26.4 Å². The molecule has 6 aromatic rings. The first kappa shape index (κ1) is 46.0. The molecule has 0 saturated heterocycles. The highest BCUT2D eigenvalue weighted by Crippen LogP contribution is 2.37. The lowest BCUT2D eigenvalue weighted by Crippen LogP contribution is -2.15. The van der Waals surface area contributed by atoms with Crippen molar-refractivity contribution in [3.05, 3.63) is 191 Å². The van der Waals surface area contributed by atoms with Gasteiger partial charge < -0.3 is 23.7 Å². The van der Waals surface area contributed by atoms with Gasteiger partial charge in [-0.2, -0.15) is 0 Å². The number of halogens is 2. The zero-order chi connectivity index (χ0) is 42.2. The molecule has 0 aliphatic carbocycles. The van der Waals surface area contributed by atoms with Crippen molar-refractivity contribution in [1.82, 2.24) is 0 Å². The van der Waals surface area contributed by atoms with E-state index in [-0.39, 0.29) is 11.8 Å². The zero-order valence-corrected chi connectivity index (χ0v) is 38.4. The van der Waals surface area contributed by atoms with E-state index >= 15 is 0 Å². The number of benzene rings is 6. The summed E-state index contributed by atoms with van der Waals surface area (Å²) in [5.41, 5.74) is 6.87. The molecule has 0 saturated carbocycles. The molecule has 61 heavy (non-hydrogen) atoms. The standard InChI is InChI=1S/C54H60Br2O5/c55-33-17-5-15-27-49(47-29-31-51(58-37-43-19-7-1-8-20-43)53(35-47)60-39-45-23-11-3-12-24-45)41-57-42-50(28-16-6-18-34-56)48-30-32-52(59-38-44-21-9-2-10-22-44)54(36-48)61-40-46-25-13-4-14-26-46/h1-4,7-14,19-26,29-32,35-36,49-50H,5-6,15-18,27-28,33-34,37-42H2. The zero-order valence-electron chi connectivity index (χ0n) is 35.3. The van der Waals surface area contributed by atoms with E-state index in [1.54, 1.807) is 0 Å². The molecule has 0 heterocycles. The Hall–Kier alpha value is -4.56. The Balaban J connectivity index is 1.21. The molecule has 0 radical (unpaired) electrons. The number of hydrogen-bond acceptors (Lipinski definition) is 5. The molecule has 0 bridgehead atoms. The van der Waals surface area contributed by atoms with Crippen LogP contribution in [0.4, 0.5) is 0 Å². The van der Waals surface area contributed by atoms with Gasteiger partial charge in [-0.1, -0.05) is 191 Å².